The van der Waals surface area contributed by atoms with Gasteiger partial charge in [0.2, 0.25) is 0 Å². The summed E-state index contributed by atoms with van der Waals surface area (Å²) in [5, 5.41) is 0. The van der Waals surface area contributed by atoms with Crippen LogP contribution < -0.4 is 0 Å². The average molecular weight is 278 g/mol. The summed E-state index contributed by atoms with van der Waals surface area (Å²) in [6.45, 7) is 7.66. The monoisotopic (exact) mass is 280 g/mol. The van der Waals surface area contributed by atoms with Crippen LogP contribution in [0.1, 0.15) is 20.8 Å². The summed E-state index contributed by atoms with van der Waals surface area (Å²) in [7, 11) is 0. The molecule has 0 aliphatic heterocycles. The van der Waals surface area contributed by atoms with Crippen molar-refractivity contribution in [2.45, 2.75) is 20.8 Å². The molecule has 0 aromatic heterocycles. The van der Waals surface area contributed by atoms with Gasteiger partial charge in [-0.2, -0.15) is 0 Å². The van der Waals surface area contributed by atoms with E-state index < -0.39 is 4.94 Å². The van der Waals surface area contributed by atoms with Gasteiger partial charge in [0.05, 0.1) is 0 Å². The minimum atomic E-state index is -1.44. The van der Waals surface area contributed by atoms with Crippen LogP contribution in [0.25, 0.3) is 0 Å². The summed E-state index contributed by atoms with van der Waals surface area (Å²) >= 11 is 2.01. The van der Waals surface area contributed by atoms with E-state index in [4.69, 9.17) is 9.05 Å². The maximum absolute atomic E-state index is 5.51. The fourth-order valence-electron chi connectivity index (χ4n) is 0.613. The summed E-state index contributed by atoms with van der Waals surface area (Å²) < 4.78 is 11.0. The van der Waals surface area contributed by atoms with Crippen LogP contribution >= 0.6 is 4.94 Å². The predicted molar refractivity (Wildman–Crippen MR) is 46.5 cm³/mol. The third kappa shape index (κ3) is 4.11. The molecular formula is C6H15O2PTe. The molecule has 10 heavy (non-hydrogen) atoms. The van der Waals surface area contributed by atoms with Crippen LogP contribution in [0.5, 0.6) is 0 Å². The van der Waals surface area contributed by atoms with Crippen molar-refractivity contribution in [2.75, 3.05) is 19.4 Å². The molecule has 0 unspecified atom stereocenters. The van der Waals surface area contributed by atoms with Crippen molar-refractivity contribution in [3.05, 3.63) is 0 Å². The van der Waals surface area contributed by atoms with Crippen molar-refractivity contribution < 1.29 is 9.05 Å². The second-order valence-electron chi connectivity index (χ2n) is 1.76. The normalized spacial score (nSPS) is 11.9. The van der Waals surface area contributed by atoms with Crippen molar-refractivity contribution in [3.8, 4) is 0 Å². The van der Waals surface area contributed by atoms with E-state index in [1.807, 2.05) is 35.1 Å². The molecule has 0 aliphatic rings. The molecular weight excluding hydrogens is 263 g/mol. The van der Waals surface area contributed by atoms with Crippen molar-refractivity contribution in [1.82, 2.24) is 0 Å². The molecule has 2 nitrogen and oxygen atoms in total. The first-order valence-corrected chi connectivity index (χ1v) is 8.42. The Kier molecular flexibility index (Phi) is 6.40. The van der Waals surface area contributed by atoms with Crippen molar-refractivity contribution in [2.24, 2.45) is 0 Å². The molecule has 0 N–H and O–H groups in total. The second kappa shape index (κ2) is 5.75. The molecule has 0 saturated carbocycles. The van der Waals surface area contributed by atoms with Gasteiger partial charge in [-0.3, -0.25) is 0 Å². The van der Waals surface area contributed by atoms with E-state index in [0.29, 0.717) is 0 Å². The van der Waals surface area contributed by atoms with Gasteiger partial charge in [0, 0.05) is 0 Å². The Morgan fingerprint density at radius 2 is 1.50 bits per heavy atom. The minimum absolute atomic E-state index is 0.765. The van der Waals surface area contributed by atoms with Gasteiger partial charge in [-0.05, 0) is 0 Å². The summed E-state index contributed by atoms with van der Waals surface area (Å²) in [4.78, 5) is -1.44. The van der Waals surface area contributed by atoms with Crippen LogP contribution in [0.4, 0.5) is 0 Å². The zero-order valence-corrected chi connectivity index (χ0v) is 10.0. The van der Waals surface area contributed by atoms with Gasteiger partial charge in [0.25, 0.3) is 0 Å². The van der Waals surface area contributed by atoms with Gasteiger partial charge in [-0.1, -0.05) is 0 Å². The molecule has 0 saturated heterocycles. The van der Waals surface area contributed by atoms with Crippen LogP contribution in [-0.2, 0) is 9.05 Å². The molecule has 4 heteroatoms. The Morgan fingerprint density at radius 1 is 1.10 bits per heavy atom. The first-order chi connectivity index (χ1) is 4.68. The number of hydrogen-bond acceptors (Lipinski definition) is 2. The number of rotatable bonds is 5. The number of hydrogen-bond donors (Lipinski definition) is 0. The molecule has 0 fully saturated rings. The van der Waals surface area contributed by atoms with Crippen LogP contribution in [0.2, 0.25) is 0 Å². The average Bonchev–Trinajstić information content (AvgIpc) is 1.89. The van der Waals surface area contributed by atoms with Crippen molar-refractivity contribution in [1.29, 1.82) is 0 Å². The zero-order chi connectivity index (χ0) is 8.04. The molecule has 0 rings (SSSR count). The molecule has 0 aromatic carbocycles. The van der Waals surface area contributed by atoms with E-state index in [1.54, 1.807) is 0 Å². The summed E-state index contributed by atoms with van der Waals surface area (Å²) in [6.07, 6.45) is 1.01. The first-order valence-electron chi connectivity index (χ1n) is 3.56. The topological polar surface area (TPSA) is 18.5 Å². The zero-order valence-electron chi connectivity index (χ0n) is 6.79. The van der Waals surface area contributed by atoms with E-state index in [0.717, 1.165) is 19.4 Å². The van der Waals surface area contributed by atoms with Crippen LogP contribution in [0.3, 0.4) is 0 Å². The Hall–Kier alpha value is 1.14. The third-order valence-electron chi connectivity index (χ3n) is 1.04. The van der Waals surface area contributed by atoms with Gasteiger partial charge in [0.1, 0.15) is 0 Å². The van der Waals surface area contributed by atoms with Gasteiger partial charge in [0.15, 0.2) is 0 Å². The van der Waals surface area contributed by atoms with Gasteiger partial charge in [-0.15, -0.1) is 0 Å². The molecule has 0 heterocycles. The molecule has 0 aromatic rings. The van der Waals surface area contributed by atoms with Crippen molar-refractivity contribution >= 4 is 26.2 Å². The standard InChI is InChI=1S/C6H15O2PTe/c1-4-7-9(10,6-3)8-5-2/h4-6H2,1-3H3. The Bertz CT molecular complexity index is 117. The molecule has 0 amide bonds. The predicted octanol–water partition coefficient (Wildman–Crippen LogP) is 2.01. The van der Waals surface area contributed by atoms with Gasteiger partial charge in [-0.25, -0.2) is 0 Å². The summed E-state index contributed by atoms with van der Waals surface area (Å²) in [5.74, 6) is 0. The van der Waals surface area contributed by atoms with E-state index in [1.165, 1.54) is 0 Å². The first kappa shape index (κ1) is 11.1. The SMILES string of the molecule is CCOP(=[Te])(CC)OCC. The fraction of sp³-hybridized carbons (Fsp3) is 1.00. The van der Waals surface area contributed by atoms with Crippen LogP contribution in [-0.4, -0.2) is 40.6 Å². The van der Waals surface area contributed by atoms with Crippen LogP contribution in [0, 0.1) is 0 Å². The molecule has 0 bridgehead atoms. The molecule has 0 spiro atoms. The van der Waals surface area contributed by atoms with Gasteiger partial charge >= 0.3 is 75.4 Å². The van der Waals surface area contributed by atoms with Gasteiger partial charge < -0.3 is 0 Å². The summed E-state index contributed by atoms with van der Waals surface area (Å²) in [5.41, 5.74) is 0. The van der Waals surface area contributed by atoms with E-state index >= 15 is 0 Å². The quantitative estimate of drug-likeness (QED) is 0.565. The Balaban J connectivity index is 3.83. The Morgan fingerprint density at radius 3 is 1.70 bits per heavy atom. The van der Waals surface area contributed by atoms with Crippen molar-refractivity contribution in [3.63, 3.8) is 0 Å². The summed E-state index contributed by atoms with van der Waals surface area (Å²) in [6, 6.07) is 0. The molecule has 0 radical (unpaired) electrons. The van der Waals surface area contributed by atoms with E-state index in [9.17, 15) is 0 Å². The third-order valence-corrected chi connectivity index (χ3v) is 7.13. The molecule has 62 valence electrons. The second-order valence-corrected chi connectivity index (χ2v) is 8.90. The fourth-order valence-corrected chi connectivity index (χ4v) is 3.64. The Labute approximate surface area is 75.4 Å². The van der Waals surface area contributed by atoms with E-state index in [2.05, 4.69) is 6.92 Å². The maximum atomic E-state index is 5.51. The van der Waals surface area contributed by atoms with Crippen LogP contribution in [0.15, 0.2) is 0 Å². The molecule has 0 aliphatic carbocycles. The van der Waals surface area contributed by atoms with E-state index in [-0.39, 0.29) is 0 Å². The molecule has 0 atom stereocenters.